The first-order chi connectivity index (χ1) is 9.74. The summed E-state index contributed by atoms with van der Waals surface area (Å²) >= 11 is 0. The zero-order chi connectivity index (χ0) is 15.6. The van der Waals surface area contributed by atoms with E-state index in [1.165, 1.54) is 6.42 Å². The molecule has 118 valence electrons. The zero-order valence-corrected chi connectivity index (χ0v) is 13.8. The number of nitrogens with zero attached hydrogens (tertiary/aromatic N) is 1. The average molecular weight is 292 g/mol. The van der Waals surface area contributed by atoms with E-state index in [0.717, 1.165) is 18.8 Å². The normalized spacial score (nSPS) is 26.4. The van der Waals surface area contributed by atoms with Crippen LogP contribution in [0.5, 0.6) is 11.8 Å². The monoisotopic (exact) mass is 292 g/mol. The summed E-state index contributed by atoms with van der Waals surface area (Å²) in [4.78, 5) is 4.43. The highest BCUT2D eigenvalue weighted by Gasteiger charge is 2.26. The van der Waals surface area contributed by atoms with Gasteiger partial charge in [0.2, 0.25) is 11.8 Å². The van der Waals surface area contributed by atoms with Gasteiger partial charge in [0.05, 0.1) is 5.69 Å². The first-order valence-electron chi connectivity index (χ1n) is 7.87. The first kappa shape index (κ1) is 15.9. The molecule has 1 aromatic heterocycles. The van der Waals surface area contributed by atoms with Gasteiger partial charge in [0, 0.05) is 6.07 Å². The summed E-state index contributed by atoms with van der Waals surface area (Å²) in [6.45, 7) is 10.5. The minimum atomic E-state index is -0.325. The third-order valence-corrected chi connectivity index (χ3v) is 4.10. The molecule has 0 spiro atoms. The Hall–Kier alpha value is -1.45. The van der Waals surface area contributed by atoms with Crippen molar-refractivity contribution in [3.8, 4) is 11.8 Å². The fourth-order valence-corrected chi connectivity index (χ4v) is 2.65. The highest BCUT2D eigenvalue weighted by Crippen LogP contribution is 2.32. The van der Waals surface area contributed by atoms with E-state index in [0.29, 0.717) is 23.4 Å². The Morgan fingerprint density at radius 3 is 2.48 bits per heavy atom. The maximum Gasteiger partial charge on any atom is 0.241 e. The fourth-order valence-electron chi connectivity index (χ4n) is 2.65. The molecule has 0 saturated heterocycles. The van der Waals surface area contributed by atoms with Crippen LogP contribution in [0, 0.1) is 11.8 Å². The van der Waals surface area contributed by atoms with Gasteiger partial charge in [0.15, 0.2) is 0 Å². The lowest BCUT2D eigenvalue weighted by Gasteiger charge is -2.32. The van der Waals surface area contributed by atoms with Crippen LogP contribution < -0.4 is 15.2 Å². The van der Waals surface area contributed by atoms with Crippen LogP contribution in [0.2, 0.25) is 0 Å². The molecule has 0 bridgehead atoms. The van der Waals surface area contributed by atoms with Crippen molar-refractivity contribution >= 4 is 5.69 Å². The summed E-state index contributed by atoms with van der Waals surface area (Å²) in [6, 6.07) is 3.63. The predicted octanol–water partition coefficient (Wildman–Crippen LogP) is 4.04. The first-order valence-corrected chi connectivity index (χ1v) is 7.87. The second-order valence-electron chi connectivity index (χ2n) is 7.27. The number of rotatable bonds is 3. The molecule has 2 N–H and O–H groups in total. The Bertz CT molecular complexity index is 482. The van der Waals surface area contributed by atoms with Crippen LogP contribution in [0.15, 0.2) is 12.1 Å². The van der Waals surface area contributed by atoms with Crippen LogP contribution in [0.3, 0.4) is 0 Å². The van der Waals surface area contributed by atoms with Gasteiger partial charge in [0.25, 0.3) is 0 Å². The van der Waals surface area contributed by atoms with Crippen LogP contribution >= 0.6 is 0 Å². The smallest absolute Gasteiger partial charge is 0.241 e. The summed E-state index contributed by atoms with van der Waals surface area (Å²) < 4.78 is 11.8. The molecule has 0 radical (unpaired) electrons. The average Bonchev–Trinajstić information content (AvgIpc) is 2.36. The third-order valence-electron chi connectivity index (χ3n) is 4.10. The summed E-state index contributed by atoms with van der Waals surface area (Å²) in [5.41, 5.74) is 6.15. The van der Waals surface area contributed by atoms with Crippen LogP contribution in [-0.4, -0.2) is 16.7 Å². The second-order valence-corrected chi connectivity index (χ2v) is 7.27. The van der Waals surface area contributed by atoms with E-state index >= 15 is 0 Å². The quantitative estimate of drug-likeness (QED) is 0.913. The number of ether oxygens (including phenoxy) is 2. The Morgan fingerprint density at radius 2 is 1.86 bits per heavy atom. The molecule has 3 unspecified atom stereocenters. The number of hydrogen-bond donors (Lipinski definition) is 1. The van der Waals surface area contributed by atoms with E-state index < -0.39 is 0 Å². The summed E-state index contributed by atoms with van der Waals surface area (Å²) in [5.74, 6) is 2.54. The highest BCUT2D eigenvalue weighted by molar-refractivity contribution is 5.49. The molecule has 1 aromatic rings. The standard InChI is InChI=1S/C17H28N2O2/c1-11-6-7-13(10-12(11)2)20-15-9-8-14(18)16(19-15)21-17(3,4)5/h8-9,11-13H,6-7,10,18H2,1-5H3. The van der Waals surface area contributed by atoms with Crippen LogP contribution in [0.25, 0.3) is 0 Å². The molecule has 0 amide bonds. The van der Waals surface area contributed by atoms with Crippen molar-refractivity contribution in [2.75, 3.05) is 5.73 Å². The minimum absolute atomic E-state index is 0.245. The van der Waals surface area contributed by atoms with E-state index in [2.05, 4.69) is 18.8 Å². The van der Waals surface area contributed by atoms with E-state index in [1.807, 2.05) is 26.8 Å². The lowest BCUT2D eigenvalue weighted by Crippen LogP contribution is -2.29. The van der Waals surface area contributed by atoms with Crippen LogP contribution in [0.4, 0.5) is 5.69 Å². The topological polar surface area (TPSA) is 57.4 Å². The van der Waals surface area contributed by atoms with E-state index in [4.69, 9.17) is 15.2 Å². The van der Waals surface area contributed by atoms with Crippen molar-refractivity contribution in [3.63, 3.8) is 0 Å². The Balaban J connectivity index is 2.05. The second kappa shape index (κ2) is 6.12. The molecule has 3 atom stereocenters. The van der Waals surface area contributed by atoms with Gasteiger partial charge in [0.1, 0.15) is 11.7 Å². The predicted molar refractivity (Wildman–Crippen MR) is 85.6 cm³/mol. The molecular weight excluding hydrogens is 264 g/mol. The van der Waals surface area contributed by atoms with Gasteiger partial charge in [-0.15, -0.1) is 0 Å². The highest BCUT2D eigenvalue weighted by atomic mass is 16.5. The van der Waals surface area contributed by atoms with Crippen molar-refractivity contribution in [1.29, 1.82) is 0 Å². The Kier molecular flexibility index (Phi) is 4.64. The number of nitrogens with two attached hydrogens (primary N) is 1. The number of aromatic nitrogens is 1. The molecule has 4 heteroatoms. The van der Waals surface area contributed by atoms with Crippen molar-refractivity contribution in [3.05, 3.63) is 12.1 Å². The van der Waals surface area contributed by atoms with Crippen LogP contribution in [-0.2, 0) is 0 Å². The number of nitrogen functional groups attached to an aromatic ring is 1. The number of pyridine rings is 1. The number of hydrogen-bond acceptors (Lipinski definition) is 4. The van der Waals surface area contributed by atoms with Gasteiger partial charge >= 0.3 is 0 Å². The fraction of sp³-hybridized carbons (Fsp3) is 0.706. The van der Waals surface area contributed by atoms with Crippen molar-refractivity contribution in [1.82, 2.24) is 4.98 Å². The SMILES string of the molecule is CC1CCC(Oc2ccc(N)c(OC(C)(C)C)n2)CC1C. The van der Waals surface area contributed by atoms with Gasteiger partial charge in [-0.1, -0.05) is 13.8 Å². The van der Waals surface area contributed by atoms with E-state index in [-0.39, 0.29) is 11.7 Å². The Labute approximate surface area is 128 Å². The minimum Gasteiger partial charge on any atom is -0.474 e. The molecule has 21 heavy (non-hydrogen) atoms. The molecule has 1 aliphatic rings. The van der Waals surface area contributed by atoms with Gasteiger partial charge in [-0.25, -0.2) is 0 Å². The lowest BCUT2D eigenvalue weighted by atomic mass is 9.80. The molecule has 2 rings (SSSR count). The van der Waals surface area contributed by atoms with E-state index in [9.17, 15) is 0 Å². The van der Waals surface area contributed by atoms with Gasteiger partial charge in [-0.3, -0.25) is 0 Å². The molecule has 1 fully saturated rings. The molecule has 4 nitrogen and oxygen atoms in total. The Morgan fingerprint density at radius 1 is 1.14 bits per heavy atom. The number of anilines is 1. The molecule has 1 aliphatic carbocycles. The van der Waals surface area contributed by atoms with Gasteiger partial charge < -0.3 is 15.2 Å². The third kappa shape index (κ3) is 4.51. The maximum absolute atomic E-state index is 6.04. The van der Waals surface area contributed by atoms with Gasteiger partial charge in [-0.2, -0.15) is 4.98 Å². The maximum atomic E-state index is 6.04. The summed E-state index contributed by atoms with van der Waals surface area (Å²) in [7, 11) is 0. The molecular formula is C17H28N2O2. The molecule has 1 heterocycles. The van der Waals surface area contributed by atoms with Crippen molar-refractivity contribution < 1.29 is 9.47 Å². The van der Waals surface area contributed by atoms with Crippen LogP contribution in [0.1, 0.15) is 53.9 Å². The summed E-state index contributed by atoms with van der Waals surface area (Å²) in [5, 5.41) is 0. The van der Waals surface area contributed by atoms with E-state index in [1.54, 1.807) is 6.07 Å². The van der Waals surface area contributed by atoms with Crippen molar-refractivity contribution in [2.45, 2.75) is 65.6 Å². The van der Waals surface area contributed by atoms with Crippen molar-refractivity contribution in [2.24, 2.45) is 11.8 Å². The lowest BCUT2D eigenvalue weighted by molar-refractivity contribution is 0.0918. The molecule has 1 saturated carbocycles. The molecule has 0 aromatic carbocycles. The zero-order valence-electron chi connectivity index (χ0n) is 13.8. The summed E-state index contributed by atoms with van der Waals surface area (Å²) in [6.07, 6.45) is 3.64. The van der Waals surface area contributed by atoms with Gasteiger partial charge in [-0.05, 0) is 57.9 Å². The molecule has 0 aliphatic heterocycles. The largest absolute Gasteiger partial charge is 0.474 e.